The maximum absolute atomic E-state index is 5.93. The molecule has 3 heteroatoms. The van der Waals surface area contributed by atoms with Crippen LogP contribution < -0.4 is 10.5 Å². The molecule has 0 amide bonds. The molecule has 1 aromatic rings. The van der Waals surface area contributed by atoms with Crippen molar-refractivity contribution in [1.29, 1.82) is 0 Å². The van der Waals surface area contributed by atoms with Crippen molar-refractivity contribution in [2.24, 2.45) is 5.73 Å². The monoisotopic (exact) mass is 227 g/mol. The number of halogens is 1. The van der Waals surface area contributed by atoms with Gasteiger partial charge in [-0.05, 0) is 32.4 Å². The first kappa shape index (κ1) is 12.3. The Morgan fingerprint density at radius 1 is 1.40 bits per heavy atom. The van der Waals surface area contributed by atoms with E-state index in [0.717, 1.165) is 17.7 Å². The van der Waals surface area contributed by atoms with Crippen molar-refractivity contribution in [2.75, 3.05) is 0 Å². The minimum absolute atomic E-state index is 0.186. The molecule has 0 spiro atoms. The Kier molecular flexibility index (Phi) is 4.00. The number of nitrogens with two attached hydrogens (primary N) is 1. The van der Waals surface area contributed by atoms with E-state index in [-0.39, 0.29) is 5.60 Å². The second-order valence-electron chi connectivity index (χ2n) is 4.17. The highest BCUT2D eigenvalue weighted by molar-refractivity contribution is 6.30. The smallest absolute Gasteiger partial charge is 0.126 e. The zero-order chi connectivity index (χ0) is 11.5. The van der Waals surface area contributed by atoms with Crippen LogP contribution in [-0.2, 0) is 6.54 Å². The zero-order valence-corrected chi connectivity index (χ0v) is 10.3. The molecule has 0 aliphatic carbocycles. The van der Waals surface area contributed by atoms with Crippen LogP contribution in [0.5, 0.6) is 5.75 Å². The van der Waals surface area contributed by atoms with Gasteiger partial charge in [-0.3, -0.25) is 0 Å². The van der Waals surface area contributed by atoms with Crippen molar-refractivity contribution < 1.29 is 4.74 Å². The van der Waals surface area contributed by atoms with Gasteiger partial charge in [0.1, 0.15) is 11.4 Å². The van der Waals surface area contributed by atoms with Gasteiger partial charge in [-0.25, -0.2) is 0 Å². The van der Waals surface area contributed by atoms with Crippen LogP contribution in [0.3, 0.4) is 0 Å². The Bertz CT molecular complexity index is 336. The molecular formula is C12H18ClNO. The van der Waals surface area contributed by atoms with Gasteiger partial charge in [0.2, 0.25) is 0 Å². The van der Waals surface area contributed by atoms with Crippen molar-refractivity contribution in [3.63, 3.8) is 0 Å². The average molecular weight is 228 g/mol. The van der Waals surface area contributed by atoms with Crippen LogP contribution in [0, 0.1) is 0 Å². The van der Waals surface area contributed by atoms with Crippen molar-refractivity contribution >= 4 is 11.6 Å². The predicted octanol–water partition coefficient (Wildman–Crippen LogP) is 3.37. The maximum atomic E-state index is 5.93. The summed E-state index contributed by atoms with van der Waals surface area (Å²) in [5.41, 5.74) is 6.44. The summed E-state index contributed by atoms with van der Waals surface area (Å²) in [6, 6.07) is 5.56. The van der Waals surface area contributed by atoms with Gasteiger partial charge in [0.25, 0.3) is 0 Å². The van der Waals surface area contributed by atoms with E-state index in [1.165, 1.54) is 0 Å². The van der Waals surface area contributed by atoms with Crippen LogP contribution in [-0.4, -0.2) is 5.60 Å². The summed E-state index contributed by atoms with van der Waals surface area (Å²) in [7, 11) is 0. The molecule has 0 saturated carbocycles. The SMILES string of the molecule is CCC(C)(C)Oc1cc(Cl)ccc1CN. The van der Waals surface area contributed by atoms with E-state index < -0.39 is 0 Å². The van der Waals surface area contributed by atoms with Crippen molar-refractivity contribution in [3.8, 4) is 5.75 Å². The van der Waals surface area contributed by atoms with Crippen LogP contribution in [0.15, 0.2) is 18.2 Å². The minimum atomic E-state index is -0.186. The lowest BCUT2D eigenvalue weighted by molar-refractivity contribution is 0.104. The standard InChI is InChI=1S/C12H18ClNO/c1-4-12(2,3)15-11-7-10(13)6-5-9(11)8-14/h5-7H,4,8,14H2,1-3H3. The molecule has 2 nitrogen and oxygen atoms in total. The van der Waals surface area contributed by atoms with Crippen LogP contribution >= 0.6 is 11.6 Å². The molecule has 0 saturated heterocycles. The fraction of sp³-hybridized carbons (Fsp3) is 0.500. The van der Waals surface area contributed by atoms with Crippen LogP contribution in [0.25, 0.3) is 0 Å². The van der Waals surface area contributed by atoms with E-state index in [9.17, 15) is 0 Å². The van der Waals surface area contributed by atoms with Gasteiger partial charge in [0.05, 0.1) is 0 Å². The summed E-state index contributed by atoms with van der Waals surface area (Å²) in [4.78, 5) is 0. The fourth-order valence-corrected chi connectivity index (χ4v) is 1.32. The van der Waals surface area contributed by atoms with Gasteiger partial charge in [-0.1, -0.05) is 24.6 Å². The molecule has 0 aromatic heterocycles. The quantitative estimate of drug-likeness (QED) is 0.856. The lowest BCUT2D eigenvalue weighted by atomic mass is 10.1. The average Bonchev–Trinajstić information content (AvgIpc) is 2.18. The Hall–Kier alpha value is -0.730. The molecule has 15 heavy (non-hydrogen) atoms. The molecule has 2 N–H and O–H groups in total. The van der Waals surface area contributed by atoms with Crippen LogP contribution in [0.2, 0.25) is 5.02 Å². The van der Waals surface area contributed by atoms with Crippen LogP contribution in [0.1, 0.15) is 32.8 Å². The van der Waals surface area contributed by atoms with Gasteiger partial charge < -0.3 is 10.5 Å². The lowest BCUT2D eigenvalue weighted by Crippen LogP contribution is -2.27. The highest BCUT2D eigenvalue weighted by atomic mass is 35.5. The van der Waals surface area contributed by atoms with Crippen molar-refractivity contribution in [3.05, 3.63) is 28.8 Å². The summed E-state index contributed by atoms with van der Waals surface area (Å²) in [6.07, 6.45) is 0.934. The first-order chi connectivity index (χ1) is 6.98. The molecule has 1 rings (SSSR count). The van der Waals surface area contributed by atoms with Crippen molar-refractivity contribution in [1.82, 2.24) is 0 Å². The summed E-state index contributed by atoms with van der Waals surface area (Å²) < 4.78 is 5.89. The molecule has 0 aliphatic rings. The number of hydrogen-bond donors (Lipinski definition) is 1. The van der Waals surface area contributed by atoms with E-state index in [1.54, 1.807) is 0 Å². The van der Waals surface area contributed by atoms with E-state index >= 15 is 0 Å². The molecule has 0 fully saturated rings. The molecule has 0 heterocycles. The Labute approximate surface area is 96.4 Å². The van der Waals surface area contributed by atoms with Gasteiger partial charge in [0.15, 0.2) is 0 Å². The largest absolute Gasteiger partial charge is 0.487 e. The molecule has 0 bridgehead atoms. The third-order valence-electron chi connectivity index (χ3n) is 2.49. The Morgan fingerprint density at radius 3 is 2.60 bits per heavy atom. The van der Waals surface area contributed by atoms with E-state index in [1.807, 2.05) is 32.0 Å². The van der Waals surface area contributed by atoms with Gasteiger partial charge >= 0.3 is 0 Å². The van der Waals surface area contributed by atoms with E-state index in [2.05, 4.69) is 6.92 Å². The molecular weight excluding hydrogens is 210 g/mol. The third kappa shape index (κ3) is 3.40. The maximum Gasteiger partial charge on any atom is 0.126 e. The normalized spacial score (nSPS) is 11.5. The topological polar surface area (TPSA) is 35.2 Å². The Morgan fingerprint density at radius 2 is 2.07 bits per heavy atom. The van der Waals surface area contributed by atoms with E-state index in [4.69, 9.17) is 22.1 Å². The van der Waals surface area contributed by atoms with Crippen LogP contribution in [0.4, 0.5) is 0 Å². The molecule has 0 unspecified atom stereocenters. The second kappa shape index (κ2) is 4.86. The predicted molar refractivity (Wildman–Crippen MR) is 64.3 cm³/mol. The third-order valence-corrected chi connectivity index (χ3v) is 2.72. The molecule has 0 atom stereocenters. The number of ether oxygens (including phenoxy) is 1. The van der Waals surface area contributed by atoms with Gasteiger partial charge in [-0.2, -0.15) is 0 Å². The molecule has 84 valence electrons. The number of hydrogen-bond acceptors (Lipinski definition) is 2. The first-order valence-corrected chi connectivity index (χ1v) is 5.54. The highest BCUT2D eigenvalue weighted by Crippen LogP contribution is 2.27. The summed E-state index contributed by atoms with van der Waals surface area (Å²) >= 11 is 5.93. The summed E-state index contributed by atoms with van der Waals surface area (Å²) in [5.74, 6) is 0.789. The first-order valence-electron chi connectivity index (χ1n) is 5.16. The van der Waals surface area contributed by atoms with Gasteiger partial charge in [0, 0.05) is 17.1 Å². The molecule has 1 aromatic carbocycles. The number of rotatable bonds is 4. The van der Waals surface area contributed by atoms with E-state index in [0.29, 0.717) is 11.6 Å². The van der Waals surface area contributed by atoms with Crippen molar-refractivity contribution in [2.45, 2.75) is 39.3 Å². The number of benzene rings is 1. The summed E-state index contributed by atoms with van der Waals surface area (Å²) in [5, 5.41) is 0.675. The Balaban J connectivity index is 2.97. The lowest BCUT2D eigenvalue weighted by Gasteiger charge is -2.26. The minimum Gasteiger partial charge on any atom is -0.487 e. The summed E-state index contributed by atoms with van der Waals surface area (Å²) in [6.45, 7) is 6.65. The second-order valence-corrected chi connectivity index (χ2v) is 4.61. The zero-order valence-electron chi connectivity index (χ0n) is 9.51. The fourth-order valence-electron chi connectivity index (χ4n) is 1.16. The van der Waals surface area contributed by atoms with Gasteiger partial charge in [-0.15, -0.1) is 0 Å². The highest BCUT2D eigenvalue weighted by Gasteiger charge is 2.18. The molecule has 0 radical (unpaired) electrons. The molecule has 0 aliphatic heterocycles.